The minimum atomic E-state index is -0.242. The van der Waals surface area contributed by atoms with Gasteiger partial charge >= 0.3 is 0 Å². The lowest BCUT2D eigenvalue weighted by Gasteiger charge is -2.08. The molecule has 0 unspecified atom stereocenters. The van der Waals surface area contributed by atoms with Crippen LogP contribution in [0, 0.1) is 5.82 Å². The molecule has 5 heteroatoms. The number of thiazole rings is 1. The molecule has 22 heavy (non-hydrogen) atoms. The maximum Gasteiger partial charge on any atom is 0.183 e. The summed E-state index contributed by atoms with van der Waals surface area (Å²) in [4.78, 5) is 4.52. The van der Waals surface area contributed by atoms with Crippen LogP contribution in [0.2, 0.25) is 0 Å². The molecule has 0 aliphatic heterocycles. The first-order valence-corrected chi connectivity index (χ1v) is 7.71. The minimum Gasteiger partial charge on any atom is -0.496 e. The lowest BCUT2D eigenvalue weighted by atomic mass is 10.2. The summed E-state index contributed by atoms with van der Waals surface area (Å²) in [7, 11) is 1.66. The lowest BCUT2D eigenvalue weighted by Crippen LogP contribution is -2.01. The fourth-order valence-corrected chi connectivity index (χ4v) is 2.85. The van der Waals surface area contributed by atoms with Gasteiger partial charge in [0.05, 0.1) is 12.8 Å². The number of halogens is 1. The molecule has 112 valence electrons. The Kier molecular flexibility index (Phi) is 4.34. The van der Waals surface area contributed by atoms with Gasteiger partial charge in [-0.25, -0.2) is 9.37 Å². The second-order valence-corrected chi connectivity index (χ2v) is 5.57. The standard InChI is InChI=1S/C17H15FN2OS/c1-21-16-5-3-2-4-13(16)10-19-17-20-15(11-22-17)12-6-8-14(18)9-7-12/h2-9,11H,10H2,1H3,(H,19,20). The van der Waals surface area contributed by atoms with Crippen molar-refractivity contribution in [3.05, 3.63) is 65.3 Å². The molecule has 0 spiro atoms. The van der Waals surface area contributed by atoms with Gasteiger partial charge in [-0.3, -0.25) is 0 Å². The van der Waals surface area contributed by atoms with Gasteiger partial charge in [0.25, 0.3) is 0 Å². The molecule has 0 aliphatic carbocycles. The van der Waals surface area contributed by atoms with Gasteiger partial charge in [0.2, 0.25) is 0 Å². The Labute approximate surface area is 132 Å². The Bertz CT molecular complexity index is 755. The molecule has 2 aromatic carbocycles. The van der Waals surface area contributed by atoms with Crippen LogP contribution in [0.3, 0.4) is 0 Å². The summed E-state index contributed by atoms with van der Waals surface area (Å²) >= 11 is 1.52. The van der Waals surface area contributed by atoms with Crippen LogP contribution in [0.15, 0.2) is 53.9 Å². The van der Waals surface area contributed by atoms with Crippen LogP contribution < -0.4 is 10.1 Å². The Morgan fingerprint density at radius 3 is 2.68 bits per heavy atom. The molecule has 0 radical (unpaired) electrons. The van der Waals surface area contributed by atoms with Crippen LogP contribution in [-0.4, -0.2) is 12.1 Å². The molecule has 0 atom stereocenters. The second-order valence-electron chi connectivity index (χ2n) is 4.71. The molecule has 1 N–H and O–H groups in total. The number of anilines is 1. The molecule has 0 saturated heterocycles. The Morgan fingerprint density at radius 2 is 1.91 bits per heavy atom. The van der Waals surface area contributed by atoms with E-state index in [0.717, 1.165) is 27.7 Å². The van der Waals surface area contributed by atoms with Gasteiger partial charge in [0.15, 0.2) is 5.13 Å². The van der Waals surface area contributed by atoms with Gasteiger partial charge in [0, 0.05) is 23.1 Å². The van der Waals surface area contributed by atoms with Crippen molar-refractivity contribution in [1.29, 1.82) is 0 Å². The second kappa shape index (κ2) is 6.58. The SMILES string of the molecule is COc1ccccc1CNc1nc(-c2ccc(F)cc2)cs1. The highest BCUT2D eigenvalue weighted by molar-refractivity contribution is 7.14. The lowest BCUT2D eigenvalue weighted by molar-refractivity contribution is 0.410. The van der Waals surface area contributed by atoms with Crippen molar-refractivity contribution >= 4 is 16.5 Å². The van der Waals surface area contributed by atoms with E-state index < -0.39 is 0 Å². The van der Waals surface area contributed by atoms with Crippen molar-refractivity contribution in [2.45, 2.75) is 6.54 Å². The predicted octanol–water partition coefficient (Wildman–Crippen LogP) is 4.57. The van der Waals surface area contributed by atoms with Crippen LogP contribution in [0.4, 0.5) is 9.52 Å². The van der Waals surface area contributed by atoms with Crippen LogP contribution in [0.25, 0.3) is 11.3 Å². The van der Waals surface area contributed by atoms with E-state index in [9.17, 15) is 4.39 Å². The average molecular weight is 314 g/mol. The fourth-order valence-electron chi connectivity index (χ4n) is 2.13. The van der Waals surface area contributed by atoms with Crippen LogP contribution >= 0.6 is 11.3 Å². The number of methoxy groups -OCH3 is 1. The summed E-state index contributed by atoms with van der Waals surface area (Å²) in [6.07, 6.45) is 0. The normalized spacial score (nSPS) is 10.5. The van der Waals surface area contributed by atoms with Crippen molar-refractivity contribution in [2.75, 3.05) is 12.4 Å². The van der Waals surface area contributed by atoms with E-state index in [1.54, 1.807) is 19.2 Å². The maximum absolute atomic E-state index is 12.9. The highest BCUT2D eigenvalue weighted by Gasteiger charge is 2.06. The Hall–Kier alpha value is -2.40. The van der Waals surface area contributed by atoms with Crippen LogP contribution in [0.5, 0.6) is 5.75 Å². The van der Waals surface area contributed by atoms with E-state index in [4.69, 9.17) is 4.74 Å². The number of hydrogen-bond donors (Lipinski definition) is 1. The summed E-state index contributed by atoms with van der Waals surface area (Å²) < 4.78 is 18.3. The number of ether oxygens (including phenoxy) is 1. The van der Waals surface area contributed by atoms with E-state index >= 15 is 0 Å². The van der Waals surface area contributed by atoms with Gasteiger partial charge in [-0.05, 0) is 30.3 Å². The highest BCUT2D eigenvalue weighted by atomic mass is 32.1. The summed E-state index contributed by atoms with van der Waals surface area (Å²) in [5.41, 5.74) is 2.82. The van der Waals surface area contributed by atoms with Crippen molar-refractivity contribution < 1.29 is 9.13 Å². The quantitative estimate of drug-likeness (QED) is 0.749. The zero-order valence-corrected chi connectivity index (χ0v) is 12.9. The largest absolute Gasteiger partial charge is 0.496 e. The molecule has 0 fully saturated rings. The number of benzene rings is 2. The van der Waals surface area contributed by atoms with E-state index in [0.29, 0.717) is 6.54 Å². The average Bonchev–Trinajstić information content (AvgIpc) is 3.03. The molecule has 0 bridgehead atoms. The molecule has 1 heterocycles. The molecule has 0 saturated carbocycles. The Balaban J connectivity index is 1.71. The predicted molar refractivity (Wildman–Crippen MR) is 87.8 cm³/mol. The van der Waals surface area contributed by atoms with Crippen molar-refractivity contribution in [1.82, 2.24) is 4.98 Å². The fraction of sp³-hybridized carbons (Fsp3) is 0.118. The van der Waals surface area contributed by atoms with E-state index in [1.807, 2.05) is 29.6 Å². The molecular formula is C17H15FN2OS. The first kappa shape index (κ1) is 14.5. The number of nitrogens with one attached hydrogen (secondary N) is 1. The van der Waals surface area contributed by atoms with E-state index in [2.05, 4.69) is 10.3 Å². The smallest absolute Gasteiger partial charge is 0.183 e. The summed E-state index contributed by atoms with van der Waals surface area (Å²) in [5.74, 6) is 0.610. The molecular weight excluding hydrogens is 299 g/mol. The molecule has 3 aromatic rings. The molecule has 3 rings (SSSR count). The van der Waals surface area contributed by atoms with E-state index in [1.165, 1.54) is 23.5 Å². The topological polar surface area (TPSA) is 34.1 Å². The number of para-hydroxylation sites is 1. The first-order valence-electron chi connectivity index (χ1n) is 6.83. The monoisotopic (exact) mass is 314 g/mol. The third-order valence-corrected chi connectivity index (χ3v) is 4.07. The molecule has 0 amide bonds. The van der Waals surface area contributed by atoms with E-state index in [-0.39, 0.29) is 5.82 Å². The highest BCUT2D eigenvalue weighted by Crippen LogP contribution is 2.26. The molecule has 0 aliphatic rings. The molecule has 1 aromatic heterocycles. The first-order chi connectivity index (χ1) is 10.8. The zero-order chi connectivity index (χ0) is 15.4. The third kappa shape index (κ3) is 3.26. The van der Waals surface area contributed by atoms with Crippen molar-refractivity contribution in [2.24, 2.45) is 0 Å². The van der Waals surface area contributed by atoms with Crippen LogP contribution in [-0.2, 0) is 6.54 Å². The number of aromatic nitrogens is 1. The number of hydrogen-bond acceptors (Lipinski definition) is 4. The summed E-state index contributed by atoms with van der Waals surface area (Å²) in [6.45, 7) is 0.639. The van der Waals surface area contributed by atoms with Gasteiger partial charge in [-0.1, -0.05) is 18.2 Å². The van der Waals surface area contributed by atoms with Gasteiger partial charge in [0.1, 0.15) is 11.6 Å². The van der Waals surface area contributed by atoms with Crippen molar-refractivity contribution in [3.63, 3.8) is 0 Å². The zero-order valence-electron chi connectivity index (χ0n) is 12.0. The molecule has 3 nitrogen and oxygen atoms in total. The summed E-state index contributed by atoms with van der Waals surface area (Å²) in [6, 6.07) is 14.2. The van der Waals surface area contributed by atoms with Crippen LogP contribution in [0.1, 0.15) is 5.56 Å². The van der Waals surface area contributed by atoms with Gasteiger partial charge in [-0.2, -0.15) is 0 Å². The third-order valence-electron chi connectivity index (χ3n) is 3.27. The minimum absolute atomic E-state index is 0.242. The number of nitrogens with zero attached hydrogens (tertiary/aromatic N) is 1. The number of rotatable bonds is 5. The maximum atomic E-state index is 12.9. The van der Waals surface area contributed by atoms with Gasteiger partial charge < -0.3 is 10.1 Å². The van der Waals surface area contributed by atoms with Crippen molar-refractivity contribution in [3.8, 4) is 17.0 Å². The summed E-state index contributed by atoms with van der Waals surface area (Å²) in [5, 5.41) is 6.07. The Morgan fingerprint density at radius 1 is 1.14 bits per heavy atom. The van der Waals surface area contributed by atoms with Gasteiger partial charge in [-0.15, -0.1) is 11.3 Å².